The van der Waals surface area contributed by atoms with Crippen LogP contribution in [0.5, 0.6) is 0 Å². The number of carboxylic acids is 1. The molecule has 0 aromatic heterocycles. The van der Waals surface area contributed by atoms with E-state index < -0.39 is 28.1 Å². The van der Waals surface area contributed by atoms with Crippen molar-refractivity contribution in [2.24, 2.45) is 11.8 Å². The molecule has 106 valence electrons. The van der Waals surface area contributed by atoms with Crippen LogP contribution in [0.15, 0.2) is 0 Å². The summed E-state index contributed by atoms with van der Waals surface area (Å²) in [6, 6.07) is -0.499. The number of carbonyl (C=O) groups is 1. The monoisotopic (exact) mass is 278 g/mol. The molecule has 0 aromatic carbocycles. The molecule has 3 N–H and O–H groups in total. The summed E-state index contributed by atoms with van der Waals surface area (Å²) in [4.78, 5) is 11.1. The van der Waals surface area contributed by atoms with E-state index in [-0.39, 0.29) is 5.92 Å². The molecule has 0 aliphatic heterocycles. The van der Waals surface area contributed by atoms with Crippen molar-refractivity contribution in [1.82, 2.24) is 9.44 Å². The molecule has 1 rings (SSSR count). The molecule has 1 fully saturated rings. The van der Waals surface area contributed by atoms with E-state index in [9.17, 15) is 13.2 Å². The van der Waals surface area contributed by atoms with Gasteiger partial charge in [-0.25, -0.2) is 4.72 Å². The van der Waals surface area contributed by atoms with Crippen molar-refractivity contribution >= 4 is 16.2 Å². The van der Waals surface area contributed by atoms with Crippen LogP contribution >= 0.6 is 0 Å². The first-order valence-corrected chi connectivity index (χ1v) is 7.80. The van der Waals surface area contributed by atoms with Crippen LogP contribution in [-0.4, -0.2) is 32.1 Å². The van der Waals surface area contributed by atoms with Gasteiger partial charge in [-0.1, -0.05) is 26.7 Å². The highest BCUT2D eigenvalue weighted by molar-refractivity contribution is 7.87. The van der Waals surface area contributed by atoms with Gasteiger partial charge in [0.05, 0.1) is 5.92 Å². The third kappa shape index (κ3) is 4.91. The second kappa shape index (κ2) is 6.49. The molecule has 0 amide bonds. The second-order valence-corrected chi connectivity index (χ2v) is 6.73. The molecule has 2 unspecified atom stereocenters. The number of hydrogen-bond acceptors (Lipinski definition) is 3. The van der Waals surface area contributed by atoms with Crippen molar-refractivity contribution in [3.8, 4) is 0 Å². The third-order valence-electron chi connectivity index (χ3n) is 3.07. The van der Waals surface area contributed by atoms with Gasteiger partial charge in [-0.2, -0.15) is 13.1 Å². The molecule has 0 heterocycles. The van der Waals surface area contributed by atoms with E-state index in [4.69, 9.17) is 5.11 Å². The van der Waals surface area contributed by atoms with Gasteiger partial charge in [-0.15, -0.1) is 0 Å². The summed E-state index contributed by atoms with van der Waals surface area (Å²) in [5.74, 6) is -1.33. The zero-order valence-electron chi connectivity index (χ0n) is 10.8. The zero-order chi connectivity index (χ0) is 13.8. The van der Waals surface area contributed by atoms with Crippen molar-refractivity contribution < 1.29 is 18.3 Å². The molecule has 7 heteroatoms. The van der Waals surface area contributed by atoms with Gasteiger partial charge in [-0.05, 0) is 18.8 Å². The summed E-state index contributed by atoms with van der Waals surface area (Å²) in [5.41, 5.74) is 0. The van der Waals surface area contributed by atoms with Crippen molar-refractivity contribution in [3.63, 3.8) is 0 Å². The predicted octanol–water partition coefficient (Wildman–Crippen LogP) is 0.710. The number of rotatable bonds is 6. The molecule has 0 radical (unpaired) electrons. The third-order valence-corrected chi connectivity index (χ3v) is 4.23. The average molecular weight is 278 g/mol. The van der Waals surface area contributed by atoms with Crippen molar-refractivity contribution in [1.29, 1.82) is 0 Å². The minimum atomic E-state index is -3.61. The Morgan fingerprint density at radius 3 is 2.50 bits per heavy atom. The van der Waals surface area contributed by atoms with Gasteiger partial charge in [0.15, 0.2) is 0 Å². The second-order valence-electron chi connectivity index (χ2n) is 5.20. The van der Waals surface area contributed by atoms with E-state index in [1.165, 1.54) is 0 Å². The maximum atomic E-state index is 11.8. The Morgan fingerprint density at radius 2 is 1.94 bits per heavy atom. The molecule has 0 saturated heterocycles. The van der Waals surface area contributed by atoms with Crippen molar-refractivity contribution in [3.05, 3.63) is 0 Å². The molecule has 1 saturated carbocycles. The molecule has 1 aliphatic rings. The summed E-state index contributed by atoms with van der Waals surface area (Å²) >= 11 is 0. The Balaban J connectivity index is 2.60. The number of hydrogen-bond donors (Lipinski definition) is 3. The Bertz CT molecular complexity index is 381. The lowest BCUT2D eigenvalue weighted by molar-refractivity contribution is -0.143. The summed E-state index contributed by atoms with van der Waals surface area (Å²) in [5, 5.41) is 9.07. The lowest BCUT2D eigenvalue weighted by Crippen LogP contribution is -2.49. The van der Waals surface area contributed by atoms with Crippen LogP contribution in [0.25, 0.3) is 0 Å². The lowest BCUT2D eigenvalue weighted by atomic mass is 9.85. The molecule has 0 spiro atoms. The van der Waals surface area contributed by atoms with Crippen LogP contribution in [0.2, 0.25) is 0 Å². The predicted molar refractivity (Wildman–Crippen MR) is 68.3 cm³/mol. The Kier molecular flexibility index (Phi) is 5.55. The van der Waals surface area contributed by atoms with E-state index >= 15 is 0 Å². The standard InChI is InChI=1S/C11H22N2O4S/c1-8(2)7-12-18(16,17)13-10-6-4-3-5-9(10)11(14)15/h8-10,12-13H,3-7H2,1-2H3,(H,14,15). The van der Waals surface area contributed by atoms with Gasteiger partial charge in [-0.3, -0.25) is 4.79 Å². The first kappa shape index (κ1) is 15.4. The Morgan fingerprint density at radius 1 is 1.33 bits per heavy atom. The van der Waals surface area contributed by atoms with Crippen LogP contribution in [-0.2, 0) is 15.0 Å². The Hall–Kier alpha value is -0.660. The van der Waals surface area contributed by atoms with Gasteiger partial charge >= 0.3 is 5.97 Å². The summed E-state index contributed by atoms with van der Waals surface area (Å²) in [6.07, 6.45) is 2.82. The molecule has 0 aromatic rings. The first-order valence-electron chi connectivity index (χ1n) is 6.31. The fourth-order valence-corrected chi connectivity index (χ4v) is 3.40. The quantitative estimate of drug-likeness (QED) is 0.667. The van der Waals surface area contributed by atoms with Crippen molar-refractivity contribution in [2.75, 3.05) is 6.54 Å². The van der Waals surface area contributed by atoms with E-state index in [0.717, 1.165) is 12.8 Å². The van der Waals surface area contributed by atoms with E-state index in [2.05, 4.69) is 9.44 Å². The van der Waals surface area contributed by atoms with E-state index in [1.807, 2.05) is 13.8 Å². The normalized spacial score (nSPS) is 25.3. The van der Waals surface area contributed by atoms with Crippen LogP contribution < -0.4 is 9.44 Å². The van der Waals surface area contributed by atoms with Crippen LogP contribution in [0, 0.1) is 11.8 Å². The molecular weight excluding hydrogens is 256 g/mol. The lowest BCUT2D eigenvalue weighted by Gasteiger charge is -2.29. The van der Waals surface area contributed by atoms with E-state index in [0.29, 0.717) is 19.4 Å². The summed E-state index contributed by atoms with van der Waals surface area (Å²) in [7, 11) is -3.61. The summed E-state index contributed by atoms with van der Waals surface area (Å²) < 4.78 is 28.4. The first-order chi connectivity index (χ1) is 8.32. The maximum absolute atomic E-state index is 11.8. The smallest absolute Gasteiger partial charge is 0.308 e. The SMILES string of the molecule is CC(C)CNS(=O)(=O)NC1CCCCC1C(=O)O. The highest BCUT2D eigenvalue weighted by Crippen LogP contribution is 2.25. The van der Waals surface area contributed by atoms with Gasteiger partial charge in [0, 0.05) is 12.6 Å². The molecule has 0 bridgehead atoms. The zero-order valence-corrected chi connectivity index (χ0v) is 11.7. The highest BCUT2D eigenvalue weighted by atomic mass is 32.2. The molecule has 6 nitrogen and oxygen atoms in total. The Labute approximate surface area is 108 Å². The fourth-order valence-electron chi connectivity index (χ4n) is 2.08. The molecular formula is C11H22N2O4S. The average Bonchev–Trinajstić information content (AvgIpc) is 2.26. The van der Waals surface area contributed by atoms with Crippen LogP contribution in [0.3, 0.4) is 0 Å². The van der Waals surface area contributed by atoms with Gasteiger partial charge in [0.2, 0.25) is 0 Å². The number of nitrogens with one attached hydrogen (secondary N) is 2. The van der Waals surface area contributed by atoms with Crippen LogP contribution in [0.4, 0.5) is 0 Å². The largest absolute Gasteiger partial charge is 0.481 e. The van der Waals surface area contributed by atoms with Crippen LogP contribution in [0.1, 0.15) is 39.5 Å². The minimum absolute atomic E-state index is 0.211. The highest BCUT2D eigenvalue weighted by Gasteiger charge is 2.33. The number of carboxylic acid groups (broad SMARTS) is 1. The minimum Gasteiger partial charge on any atom is -0.481 e. The van der Waals surface area contributed by atoms with Gasteiger partial charge in [0.1, 0.15) is 0 Å². The van der Waals surface area contributed by atoms with E-state index in [1.54, 1.807) is 0 Å². The summed E-state index contributed by atoms with van der Waals surface area (Å²) in [6.45, 7) is 4.16. The molecule has 1 aliphatic carbocycles. The maximum Gasteiger partial charge on any atom is 0.308 e. The topological polar surface area (TPSA) is 95.5 Å². The molecule has 2 atom stereocenters. The van der Waals surface area contributed by atoms with Gasteiger partial charge in [0.25, 0.3) is 10.2 Å². The fraction of sp³-hybridized carbons (Fsp3) is 0.909. The molecule has 18 heavy (non-hydrogen) atoms. The number of aliphatic carboxylic acids is 1. The van der Waals surface area contributed by atoms with Gasteiger partial charge < -0.3 is 5.11 Å². The van der Waals surface area contributed by atoms with Crippen molar-refractivity contribution in [2.45, 2.75) is 45.6 Å².